The molecule has 1 aromatic carbocycles. The van der Waals surface area contributed by atoms with Gasteiger partial charge in [0.25, 0.3) is 0 Å². The standard InChI is InChI=1S/C12H18O2/c1-4-14-12-6-5-11(8-10(3)13)9(2)7-12/h5-7,10,13H,4,8H2,1-3H3. The zero-order valence-corrected chi connectivity index (χ0v) is 9.08. The molecule has 0 bridgehead atoms. The van der Waals surface area contributed by atoms with Crippen LogP contribution in [0.25, 0.3) is 0 Å². The van der Waals surface area contributed by atoms with Crippen LogP contribution in [0.1, 0.15) is 25.0 Å². The Morgan fingerprint density at radius 1 is 1.43 bits per heavy atom. The van der Waals surface area contributed by atoms with Crippen LogP contribution in [-0.2, 0) is 6.42 Å². The van der Waals surface area contributed by atoms with Crippen molar-refractivity contribution in [1.82, 2.24) is 0 Å². The van der Waals surface area contributed by atoms with Crippen molar-refractivity contribution in [3.05, 3.63) is 29.3 Å². The number of aliphatic hydroxyl groups excluding tert-OH is 1. The molecule has 0 fully saturated rings. The number of rotatable bonds is 4. The topological polar surface area (TPSA) is 29.5 Å². The lowest BCUT2D eigenvalue weighted by Crippen LogP contribution is -2.05. The molecule has 2 nitrogen and oxygen atoms in total. The van der Waals surface area contributed by atoms with Gasteiger partial charge in [-0.05, 0) is 50.5 Å². The Bertz CT molecular complexity index is 292. The van der Waals surface area contributed by atoms with Crippen LogP contribution >= 0.6 is 0 Å². The van der Waals surface area contributed by atoms with Crippen LogP contribution in [0.3, 0.4) is 0 Å². The summed E-state index contributed by atoms with van der Waals surface area (Å²) in [7, 11) is 0. The largest absolute Gasteiger partial charge is 0.494 e. The molecule has 1 atom stereocenters. The van der Waals surface area contributed by atoms with Gasteiger partial charge in [-0.2, -0.15) is 0 Å². The second kappa shape index (κ2) is 5.01. The maximum Gasteiger partial charge on any atom is 0.119 e. The van der Waals surface area contributed by atoms with Gasteiger partial charge in [-0.3, -0.25) is 0 Å². The van der Waals surface area contributed by atoms with E-state index in [0.717, 1.165) is 5.75 Å². The fourth-order valence-corrected chi connectivity index (χ4v) is 1.47. The molecule has 1 unspecified atom stereocenters. The van der Waals surface area contributed by atoms with E-state index < -0.39 is 0 Å². The minimum absolute atomic E-state index is 0.286. The summed E-state index contributed by atoms with van der Waals surface area (Å²) in [5, 5.41) is 9.27. The van der Waals surface area contributed by atoms with Crippen molar-refractivity contribution >= 4 is 0 Å². The maximum atomic E-state index is 9.27. The third-order valence-electron chi connectivity index (χ3n) is 2.14. The van der Waals surface area contributed by atoms with Crippen LogP contribution in [0.15, 0.2) is 18.2 Å². The Balaban J connectivity index is 2.79. The molecular weight excluding hydrogens is 176 g/mol. The summed E-state index contributed by atoms with van der Waals surface area (Å²) in [6.45, 7) is 6.50. The molecule has 0 spiro atoms. The molecule has 0 aliphatic rings. The number of benzene rings is 1. The monoisotopic (exact) mass is 194 g/mol. The van der Waals surface area contributed by atoms with E-state index in [1.165, 1.54) is 11.1 Å². The average molecular weight is 194 g/mol. The summed E-state index contributed by atoms with van der Waals surface area (Å²) in [5.74, 6) is 0.902. The van der Waals surface area contributed by atoms with E-state index in [1.807, 2.05) is 32.0 Å². The highest BCUT2D eigenvalue weighted by atomic mass is 16.5. The first-order chi connectivity index (χ1) is 6.63. The molecule has 0 radical (unpaired) electrons. The van der Waals surface area contributed by atoms with Gasteiger partial charge in [-0.1, -0.05) is 6.07 Å². The van der Waals surface area contributed by atoms with Crippen LogP contribution in [-0.4, -0.2) is 17.8 Å². The first-order valence-corrected chi connectivity index (χ1v) is 5.04. The lowest BCUT2D eigenvalue weighted by molar-refractivity contribution is 0.195. The smallest absolute Gasteiger partial charge is 0.119 e. The van der Waals surface area contributed by atoms with Crippen LogP contribution in [0.2, 0.25) is 0 Å². The van der Waals surface area contributed by atoms with Crippen LogP contribution < -0.4 is 4.74 Å². The molecule has 1 rings (SSSR count). The highest BCUT2D eigenvalue weighted by Gasteiger charge is 2.03. The first-order valence-electron chi connectivity index (χ1n) is 5.04. The summed E-state index contributed by atoms with van der Waals surface area (Å²) in [6.07, 6.45) is 0.421. The number of hydrogen-bond donors (Lipinski definition) is 1. The Morgan fingerprint density at radius 3 is 2.64 bits per heavy atom. The quantitative estimate of drug-likeness (QED) is 0.797. The molecule has 0 heterocycles. The lowest BCUT2D eigenvalue weighted by Gasteiger charge is -2.10. The zero-order valence-electron chi connectivity index (χ0n) is 9.08. The Kier molecular flexibility index (Phi) is 3.96. The zero-order chi connectivity index (χ0) is 10.6. The second-order valence-electron chi connectivity index (χ2n) is 3.57. The fraction of sp³-hybridized carbons (Fsp3) is 0.500. The Labute approximate surface area is 85.5 Å². The van der Waals surface area contributed by atoms with Crippen LogP contribution in [0, 0.1) is 6.92 Å². The van der Waals surface area contributed by atoms with Crippen molar-refractivity contribution in [3.63, 3.8) is 0 Å². The normalized spacial score (nSPS) is 12.6. The molecule has 0 saturated heterocycles. The molecule has 78 valence electrons. The number of hydrogen-bond acceptors (Lipinski definition) is 2. The summed E-state index contributed by atoms with van der Waals surface area (Å²) in [6, 6.07) is 5.99. The number of aryl methyl sites for hydroxylation is 1. The summed E-state index contributed by atoms with van der Waals surface area (Å²) in [4.78, 5) is 0. The third kappa shape index (κ3) is 3.04. The van der Waals surface area contributed by atoms with Crippen LogP contribution in [0.5, 0.6) is 5.75 Å². The van der Waals surface area contributed by atoms with Gasteiger partial charge in [0.1, 0.15) is 5.75 Å². The highest BCUT2D eigenvalue weighted by Crippen LogP contribution is 2.18. The number of ether oxygens (including phenoxy) is 1. The predicted molar refractivity (Wildman–Crippen MR) is 57.7 cm³/mol. The lowest BCUT2D eigenvalue weighted by atomic mass is 10.0. The Hall–Kier alpha value is -1.02. The van der Waals surface area contributed by atoms with Crippen LogP contribution in [0.4, 0.5) is 0 Å². The van der Waals surface area contributed by atoms with Crippen molar-refractivity contribution in [1.29, 1.82) is 0 Å². The van der Waals surface area contributed by atoms with Gasteiger partial charge in [-0.25, -0.2) is 0 Å². The van der Waals surface area contributed by atoms with E-state index >= 15 is 0 Å². The maximum absolute atomic E-state index is 9.27. The third-order valence-corrected chi connectivity index (χ3v) is 2.14. The molecule has 14 heavy (non-hydrogen) atoms. The summed E-state index contributed by atoms with van der Waals surface area (Å²) < 4.78 is 5.38. The predicted octanol–water partition coefficient (Wildman–Crippen LogP) is 2.32. The molecule has 0 aromatic heterocycles. The average Bonchev–Trinajstić information content (AvgIpc) is 2.10. The van der Waals surface area contributed by atoms with Gasteiger partial charge in [0.05, 0.1) is 12.7 Å². The van der Waals surface area contributed by atoms with Crippen molar-refractivity contribution in [2.24, 2.45) is 0 Å². The van der Waals surface area contributed by atoms with Crippen molar-refractivity contribution in [2.75, 3.05) is 6.61 Å². The minimum atomic E-state index is -0.286. The fourth-order valence-electron chi connectivity index (χ4n) is 1.47. The van der Waals surface area contributed by atoms with Crippen molar-refractivity contribution in [3.8, 4) is 5.75 Å². The molecule has 0 saturated carbocycles. The van der Waals surface area contributed by atoms with E-state index in [9.17, 15) is 5.11 Å². The van der Waals surface area contributed by atoms with Gasteiger partial charge < -0.3 is 9.84 Å². The van der Waals surface area contributed by atoms with E-state index in [0.29, 0.717) is 13.0 Å². The van der Waals surface area contributed by atoms with E-state index in [-0.39, 0.29) is 6.10 Å². The van der Waals surface area contributed by atoms with E-state index in [4.69, 9.17) is 4.74 Å². The molecule has 2 heteroatoms. The molecular formula is C12H18O2. The SMILES string of the molecule is CCOc1ccc(CC(C)O)c(C)c1. The van der Waals surface area contributed by atoms with Crippen molar-refractivity contribution < 1.29 is 9.84 Å². The summed E-state index contributed by atoms with van der Waals surface area (Å²) in [5.41, 5.74) is 2.36. The number of aliphatic hydroxyl groups is 1. The molecule has 0 aliphatic carbocycles. The molecule has 0 aliphatic heterocycles. The van der Waals surface area contributed by atoms with Gasteiger partial charge in [0.15, 0.2) is 0 Å². The summed E-state index contributed by atoms with van der Waals surface area (Å²) >= 11 is 0. The van der Waals surface area contributed by atoms with E-state index in [2.05, 4.69) is 0 Å². The van der Waals surface area contributed by atoms with Gasteiger partial charge in [0.2, 0.25) is 0 Å². The minimum Gasteiger partial charge on any atom is -0.494 e. The van der Waals surface area contributed by atoms with Crippen molar-refractivity contribution in [2.45, 2.75) is 33.3 Å². The highest BCUT2D eigenvalue weighted by molar-refractivity contribution is 5.35. The first kappa shape index (κ1) is 11.1. The Morgan fingerprint density at radius 2 is 2.14 bits per heavy atom. The van der Waals surface area contributed by atoms with Gasteiger partial charge in [0, 0.05) is 0 Å². The molecule has 1 aromatic rings. The van der Waals surface area contributed by atoms with Gasteiger partial charge >= 0.3 is 0 Å². The second-order valence-corrected chi connectivity index (χ2v) is 3.57. The molecule has 1 N–H and O–H groups in total. The van der Waals surface area contributed by atoms with E-state index in [1.54, 1.807) is 6.92 Å². The van der Waals surface area contributed by atoms with Gasteiger partial charge in [-0.15, -0.1) is 0 Å². The molecule has 0 amide bonds.